The summed E-state index contributed by atoms with van der Waals surface area (Å²) < 4.78 is 5.16. The molecule has 0 saturated heterocycles. The minimum Gasteiger partial charge on any atom is -0.443 e. The maximum Gasteiger partial charge on any atom is 0.181 e. The number of hydrogen-bond donors (Lipinski definition) is 0. The molecule has 3 rings (SSSR count). The first-order valence-corrected chi connectivity index (χ1v) is 5.53. The first-order valence-electron chi connectivity index (χ1n) is 5.53. The van der Waals surface area contributed by atoms with Gasteiger partial charge in [0.25, 0.3) is 0 Å². The number of oxazole rings is 1. The molecule has 0 atom stereocenters. The molecule has 0 aliphatic heterocycles. The molecule has 0 radical (unpaired) electrons. The largest absolute Gasteiger partial charge is 0.443 e. The van der Waals surface area contributed by atoms with E-state index in [1.165, 1.54) is 11.2 Å². The van der Waals surface area contributed by atoms with E-state index >= 15 is 0 Å². The smallest absolute Gasteiger partial charge is 0.181 e. The van der Waals surface area contributed by atoms with Crippen LogP contribution in [0.4, 0.5) is 0 Å². The molecule has 0 amide bonds. The van der Waals surface area contributed by atoms with E-state index in [9.17, 15) is 0 Å². The molecule has 3 aromatic rings. The van der Waals surface area contributed by atoms with Crippen LogP contribution in [0.3, 0.4) is 0 Å². The van der Waals surface area contributed by atoms with E-state index in [0.29, 0.717) is 0 Å². The zero-order valence-corrected chi connectivity index (χ0v) is 10.1. The summed E-state index contributed by atoms with van der Waals surface area (Å²) in [5, 5.41) is 8.24. The van der Waals surface area contributed by atoms with Gasteiger partial charge < -0.3 is 4.42 Å². The highest BCUT2D eigenvalue weighted by molar-refractivity contribution is 5.78. The van der Waals surface area contributed by atoms with Gasteiger partial charge in [-0.1, -0.05) is 13.8 Å². The third kappa shape index (κ3) is 2.18. The van der Waals surface area contributed by atoms with Crippen LogP contribution in [0.15, 0.2) is 35.2 Å². The molecule has 2 heterocycles. The fourth-order valence-electron chi connectivity index (χ4n) is 1.50. The number of nitrogens with zero attached hydrogens (tertiary/aromatic N) is 4. The van der Waals surface area contributed by atoms with E-state index in [-0.39, 0.29) is 0 Å². The van der Waals surface area contributed by atoms with Crippen LogP contribution >= 0.6 is 0 Å². The van der Waals surface area contributed by atoms with Gasteiger partial charge in [-0.05, 0) is 18.2 Å². The number of aromatic nitrogens is 4. The van der Waals surface area contributed by atoms with Gasteiger partial charge in [0.05, 0.1) is 6.20 Å². The second-order valence-corrected chi connectivity index (χ2v) is 3.25. The number of rotatable bonds is 1. The summed E-state index contributed by atoms with van der Waals surface area (Å²) in [6, 6.07) is 5.76. The van der Waals surface area contributed by atoms with Crippen LogP contribution in [0.5, 0.6) is 0 Å². The van der Waals surface area contributed by atoms with E-state index in [4.69, 9.17) is 4.42 Å². The molecule has 0 fully saturated rings. The molecule has 5 heteroatoms. The molecule has 0 N–H and O–H groups in total. The molecule has 17 heavy (non-hydrogen) atoms. The lowest BCUT2D eigenvalue weighted by molar-refractivity contribution is 0.602. The van der Waals surface area contributed by atoms with Gasteiger partial charge in [0, 0.05) is 12.6 Å². The van der Waals surface area contributed by atoms with Crippen LogP contribution in [0.1, 0.15) is 13.8 Å². The third-order valence-electron chi connectivity index (χ3n) is 2.23. The van der Waals surface area contributed by atoms with Gasteiger partial charge in [0.2, 0.25) is 0 Å². The summed E-state index contributed by atoms with van der Waals surface area (Å²) in [7, 11) is 1.79. The highest BCUT2D eigenvalue weighted by atomic mass is 16.3. The minimum atomic E-state index is 0.780. The van der Waals surface area contributed by atoms with E-state index < -0.39 is 0 Å². The Labute approximate surface area is 99.1 Å². The van der Waals surface area contributed by atoms with Crippen molar-refractivity contribution in [1.82, 2.24) is 20.0 Å². The molecule has 0 saturated carbocycles. The first kappa shape index (κ1) is 11.3. The lowest BCUT2D eigenvalue weighted by Gasteiger charge is -1.94. The maximum atomic E-state index is 5.16. The van der Waals surface area contributed by atoms with Crippen molar-refractivity contribution in [2.24, 2.45) is 7.05 Å². The van der Waals surface area contributed by atoms with Crippen molar-refractivity contribution in [3.8, 4) is 11.3 Å². The van der Waals surface area contributed by atoms with Gasteiger partial charge in [-0.25, -0.2) is 4.98 Å². The monoisotopic (exact) mass is 230 g/mol. The Bertz CT molecular complexity index is 612. The molecule has 1 aromatic carbocycles. The predicted octanol–water partition coefficient (Wildman–Crippen LogP) is 2.65. The molecule has 0 bridgehead atoms. The van der Waals surface area contributed by atoms with Crippen molar-refractivity contribution in [1.29, 1.82) is 0 Å². The number of hydrogen-bond acceptors (Lipinski definition) is 4. The van der Waals surface area contributed by atoms with E-state index in [0.717, 1.165) is 22.4 Å². The molecule has 0 unspecified atom stereocenters. The Hall–Kier alpha value is -2.17. The summed E-state index contributed by atoms with van der Waals surface area (Å²) >= 11 is 0. The molecule has 0 aliphatic carbocycles. The molecule has 88 valence electrons. The Morgan fingerprint density at radius 1 is 1.24 bits per heavy atom. The molecule has 0 spiro atoms. The Balaban J connectivity index is 0.000000514. The lowest BCUT2D eigenvalue weighted by atomic mass is 10.1. The fourth-order valence-corrected chi connectivity index (χ4v) is 1.50. The van der Waals surface area contributed by atoms with Gasteiger partial charge in [0.1, 0.15) is 11.2 Å². The zero-order chi connectivity index (χ0) is 12.3. The molecular weight excluding hydrogens is 216 g/mol. The van der Waals surface area contributed by atoms with E-state index in [1.807, 2.05) is 32.0 Å². The normalized spacial score (nSPS) is 10.1. The standard InChI is InChI=1S/C10H8N4O.C2H6/c1-14-12-5-9(13-14)7-2-3-10-8(4-7)11-6-15-10;1-2/h2-6H,1H3;1-2H3. The second-order valence-electron chi connectivity index (χ2n) is 3.25. The molecule has 0 aliphatic rings. The van der Waals surface area contributed by atoms with Crippen LogP contribution in [0, 0.1) is 0 Å². The molecule has 5 nitrogen and oxygen atoms in total. The summed E-state index contributed by atoms with van der Waals surface area (Å²) in [6.07, 6.45) is 3.16. The van der Waals surface area contributed by atoms with Crippen molar-refractivity contribution in [2.45, 2.75) is 13.8 Å². The lowest BCUT2D eigenvalue weighted by Crippen LogP contribution is -1.91. The van der Waals surface area contributed by atoms with E-state index in [2.05, 4.69) is 15.2 Å². The van der Waals surface area contributed by atoms with Crippen LogP contribution < -0.4 is 0 Å². The van der Waals surface area contributed by atoms with Crippen molar-refractivity contribution in [3.05, 3.63) is 30.8 Å². The third-order valence-corrected chi connectivity index (χ3v) is 2.23. The summed E-state index contributed by atoms with van der Waals surface area (Å²) in [6.45, 7) is 4.00. The summed E-state index contributed by atoms with van der Waals surface area (Å²) in [4.78, 5) is 5.62. The molecular formula is C12H14N4O. The van der Waals surface area contributed by atoms with Crippen molar-refractivity contribution in [3.63, 3.8) is 0 Å². The van der Waals surface area contributed by atoms with Crippen LogP contribution in [0.2, 0.25) is 0 Å². The van der Waals surface area contributed by atoms with Gasteiger partial charge in [0.15, 0.2) is 12.0 Å². The predicted molar refractivity (Wildman–Crippen MR) is 65.4 cm³/mol. The first-order chi connectivity index (χ1) is 8.33. The van der Waals surface area contributed by atoms with E-state index in [1.54, 1.807) is 13.2 Å². The number of fused-ring (bicyclic) bond motifs is 1. The van der Waals surface area contributed by atoms with Crippen molar-refractivity contribution in [2.75, 3.05) is 0 Å². The number of benzene rings is 1. The Kier molecular flexibility index (Phi) is 3.18. The SMILES string of the molecule is CC.Cn1ncc(-c2ccc3ocnc3c2)n1. The topological polar surface area (TPSA) is 56.7 Å². The fraction of sp³-hybridized carbons (Fsp3) is 0.250. The number of aryl methyl sites for hydroxylation is 1. The Morgan fingerprint density at radius 2 is 2.06 bits per heavy atom. The maximum absolute atomic E-state index is 5.16. The van der Waals surface area contributed by atoms with Crippen molar-refractivity contribution >= 4 is 11.1 Å². The Morgan fingerprint density at radius 3 is 2.76 bits per heavy atom. The quantitative estimate of drug-likeness (QED) is 0.644. The van der Waals surface area contributed by atoms with Gasteiger partial charge >= 0.3 is 0 Å². The average Bonchev–Trinajstić information content (AvgIpc) is 2.99. The highest BCUT2D eigenvalue weighted by Gasteiger charge is 2.05. The average molecular weight is 230 g/mol. The van der Waals surface area contributed by atoms with Gasteiger partial charge in [-0.3, -0.25) is 0 Å². The van der Waals surface area contributed by atoms with Crippen LogP contribution in [0.25, 0.3) is 22.4 Å². The minimum absolute atomic E-state index is 0.780. The highest BCUT2D eigenvalue weighted by Crippen LogP contribution is 2.21. The second kappa shape index (κ2) is 4.78. The van der Waals surface area contributed by atoms with Crippen molar-refractivity contribution < 1.29 is 4.42 Å². The van der Waals surface area contributed by atoms with Gasteiger partial charge in [-0.2, -0.15) is 15.0 Å². The summed E-state index contributed by atoms with van der Waals surface area (Å²) in [5.74, 6) is 0. The zero-order valence-electron chi connectivity index (χ0n) is 10.1. The van der Waals surface area contributed by atoms with Gasteiger partial charge in [-0.15, -0.1) is 0 Å². The summed E-state index contributed by atoms with van der Waals surface area (Å²) in [5.41, 5.74) is 3.44. The van der Waals surface area contributed by atoms with Crippen LogP contribution in [-0.2, 0) is 7.05 Å². The van der Waals surface area contributed by atoms with Crippen LogP contribution in [-0.4, -0.2) is 20.0 Å². The molecule has 2 aromatic heterocycles.